The Morgan fingerprint density at radius 2 is 2.05 bits per heavy atom. The molecule has 1 aliphatic rings. The van der Waals surface area contributed by atoms with Crippen LogP contribution in [0.4, 0.5) is 0 Å². The summed E-state index contributed by atoms with van der Waals surface area (Å²) >= 11 is 3.43. The Balaban J connectivity index is 2.19. The van der Waals surface area contributed by atoms with Crippen molar-refractivity contribution >= 4 is 26.0 Å². The summed E-state index contributed by atoms with van der Waals surface area (Å²) < 4.78 is 27.7. The minimum absolute atomic E-state index is 0.192. The Hall–Kier alpha value is -0.430. The van der Waals surface area contributed by atoms with Crippen LogP contribution in [0.25, 0.3) is 0 Å². The molecular formula is C15H23BrN2O2S. The molecule has 0 radical (unpaired) electrons. The van der Waals surface area contributed by atoms with E-state index in [0.717, 1.165) is 37.9 Å². The molecule has 21 heavy (non-hydrogen) atoms. The highest BCUT2D eigenvalue weighted by Crippen LogP contribution is 2.34. The Kier molecular flexibility index (Phi) is 5.82. The molecule has 0 amide bonds. The highest BCUT2D eigenvalue weighted by molar-refractivity contribution is 9.10. The van der Waals surface area contributed by atoms with E-state index in [1.54, 1.807) is 10.4 Å². The topological polar surface area (TPSA) is 49.4 Å². The number of nitrogens with zero attached hydrogens (tertiary/aromatic N) is 1. The van der Waals surface area contributed by atoms with Crippen molar-refractivity contribution < 1.29 is 8.42 Å². The highest BCUT2D eigenvalue weighted by atomic mass is 79.9. The van der Waals surface area contributed by atoms with Gasteiger partial charge in [0, 0.05) is 23.6 Å². The molecule has 1 aliphatic carbocycles. The minimum Gasteiger partial charge on any atom is -0.313 e. The first-order valence-corrected chi connectivity index (χ1v) is 9.75. The van der Waals surface area contributed by atoms with Crippen LogP contribution in [0, 0.1) is 0 Å². The average Bonchev–Trinajstić information content (AvgIpc) is 3.24. The fourth-order valence-electron chi connectivity index (χ4n) is 2.39. The average molecular weight is 375 g/mol. The van der Waals surface area contributed by atoms with Crippen molar-refractivity contribution in [3.63, 3.8) is 0 Å². The third-order valence-corrected chi connectivity index (χ3v) is 6.61. The summed E-state index contributed by atoms with van der Waals surface area (Å²) in [6.45, 7) is 6.26. The minimum atomic E-state index is -3.39. The van der Waals surface area contributed by atoms with E-state index in [9.17, 15) is 8.42 Å². The van der Waals surface area contributed by atoms with Gasteiger partial charge in [0.05, 0.1) is 4.90 Å². The van der Waals surface area contributed by atoms with Crippen LogP contribution in [0.15, 0.2) is 27.6 Å². The lowest BCUT2D eigenvalue weighted by Gasteiger charge is -2.21. The van der Waals surface area contributed by atoms with E-state index in [0.29, 0.717) is 15.9 Å². The number of rotatable bonds is 8. The van der Waals surface area contributed by atoms with Crippen molar-refractivity contribution in [2.75, 3.05) is 13.1 Å². The molecule has 0 atom stereocenters. The molecule has 6 heteroatoms. The Morgan fingerprint density at radius 1 is 1.33 bits per heavy atom. The van der Waals surface area contributed by atoms with Gasteiger partial charge in [-0.2, -0.15) is 4.31 Å². The molecule has 1 fully saturated rings. The summed E-state index contributed by atoms with van der Waals surface area (Å²) in [7, 11) is -3.39. The summed E-state index contributed by atoms with van der Waals surface area (Å²) in [5.41, 5.74) is 1.09. The molecule has 0 aliphatic heterocycles. The van der Waals surface area contributed by atoms with Gasteiger partial charge in [-0.05, 0) is 59.4 Å². The largest absolute Gasteiger partial charge is 0.313 e. The van der Waals surface area contributed by atoms with Crippen molar-refractivity contribution in [2.24, 2.45) is 0 Å². The third kappa shape index (κ3) is 4.06. The molecule has 1 aromatic rings. The normalized spacial score (nSPS) is 15.6. The molecule has 0 saturated heterocycles. The number of hydrogen-bond donors (Lipinski definition) is 1. The van der Waals surface area contributed by atoms with Gasteiger partial charge in [0.15, 0.2) is 0 Å². The van der Waals surface area contributed by atoms with E-state index in [-0.39, 0.29) is 6.04 Å². The number of nitrogens with one attached hydrogen (secondary N) is 1. The predicted molar refractivity (Wildman–Crippen MR) is 88.7 cm³/mol. The molecule has 0 spiro atoms. The molecule has 2 rings (SSSR count). The Bertz CT molecular complexity index is 585. The molecule has 4 nitrogen and oxygen atoms in total. The third-order valence-electron chi connectivity index (χ3n) is 3.60. The fourth-order valence-corrected chi connectivity index (χ4v) is 5.17. The predicted octanol–water partition coefficient (Wildman–Crippen LogP) is 3.12. The second-order valence-electron chi connectivity index (χ2n) is 5.38. The quantitative estimate of drug-likeness (QED) is 0.711. The summed E-state index contributed by atoms with van der Waals surface area (Å²) in [6, 6.07) is 5.70. The van der Waals surface area contributed by atoms with Crippen LogP contribution in [0.2, 0.25) is 0 Å². The Morgan fingerprint density at radius 3 is 2.57 bits per heavy atom. The smallest absolute Gasteiger partial charge is 0.244 e. The molecule has 118 valence electrons. The van der Waals surface area contributed by atoms with Gasteiger partial charge >= 0.3 is 0 Å². The zero-order chi connectivity index (χ0) is 15.5. The van der Waals surface area contributed by atoms with Crippen LogP contribution >= 0.6 is 15.9 Å². The molecule has 0 unspecified atom stereocenters. The summed E-state index contributed by atoms with van der Waals surface area (Å²) in [4.78, 5) is 0.371. The van der Waals surface area contributed by atoms with Gasteiger partial charge in [0.1, 0.15) is 0 Å². The Labute approximate surface area is 136 Å². The lowest BCUT2D eigenvalue weighted by atomic mass is 10.2. The molecule has 0 aromatic heterocycles. The number of benzene rings is 1. The van der Waals surface area contributed by atoms with Crippen molar-refractivity contribution in [1.29, 1.82) is 0 Å². The molecule has 0 bridgehead atoms. The van der Waals surface area contributed by atoms with Crippen molar-refractivity contribution in [3.8, 4) is 0 Å². The molecule has 0 heterocycles. The van der Waals surface area contributed by atoms with E-state index in [1.807, 2.05) is 19.1 Å². The van der Waals surface area contributed by atoms with Crippen LogP contribution in [-0.2, 0) is 16.6 Å². The fraction of sp³-hybridized carbons (Fsp3) is 0.600. The summed E-state index contributed by atoms with van der Waals surface area (Å²) in [5.74, 6) is 0. The van der Waals surface area contributed by atoms with Crippen LogP contribution in [0.3, 0.4) is 0 Å². The summed E-state index contributed by atoms with van der Waals surface area (Å²) in [5, 5.41) is 3.32. The maximum Gasteiger partial charge on any atom is 0.244 e. The van der Waals surface area contributed by atoms with Gasteiger partial charge in [-0.25, -0.2) is 8.42 Å². The zero-order valence-electron chi connectivity index (χ0n) is 12.6. The molecule has 1 N–H and O–H groups in total. The zero-order valence-corrected chi connectivity index (χ0v) is 15.0. The van der Waals surface area contributed by atoms with Crippen molar-refractivity contribution in [2.45, 2.75) is 50.6 Å². The maximum atomic E-state index is 12.7. The standard InChI is InChI=1S/C15H23BrN2O2S/c1-3-9-17-11-12-5-8-15(14(16)10-12)21(19,20)18(4-2)13-6-7-13/h5,8,10,13,17H,3-4,6-7,9,11H2,1-2H3. The second kappa shape index (κ2) is 7.22. The van der Waals surface area contributed by atoms with Gasteiger partial charge < -0.3 is 5.32 Å². The van der Waals surface area contributed by atoms with Crippen LogP contribution in [0.1, 0.15) is 38.7 Å². The van der Waals surface area contributed by atoms with Gasteiger partial charge in [0.2, 0.25) is 10.0 Å². The van der Waals surface area contributed by atoms with Gasteiger partial charge in [-0.1, -0.05) is 19.9 Å². The molecular weight excluding hydrogens is 352 g/mol. The van der Waals surface area contributed by atoms with Crippen LogP contribution in [-0.4, -0.2) is 31.9 Å². The molecule has 1 saturated carbocycles. The summed E-state index contributed by atoms with van der Waals surface area (Å²) in [6.07, 6.45) is 3.04. The van der Waals surface area contributed by atoms with Crippen LogP contribution in [0.5, 0.6) is 0 Å². The van der Waals surface area contributed by atoms with Crippen molar-refractivity contribution in [3.05, 3.63) is 28.2 Å². The monoisotopic (exact) mass is 374 g/mol. The highest BCUT2D eigenvalue weighted by Gasteiger charge is 2.37. The number of hydrogen-bond acceptors (Lipinski definition) is 3. The lowest BCUT2D eigenvalue weighted by molar-refractivity contribution is 0.420. The lowest BCUT2D eigenvalue weighted by Crippen LogP contribution is -2.33. The first kappa shape index (κ1) is 16.9. The van der Waals surface area contributed by atoms with E-state index in [4.69, 9.17) is 0 Å². The number of halogens is 1. The first-order chi connectivity index (χ1) is 10.0. The van der Waals surface area contributed by atoms with Crippen molar-refractivity contribution in [1.82, 2.24) is 9.62 Å². The van der Waals surface area contributed by atoms with Gasteiger partial charge in [-0.3, -0.25) is 0 Å². The molecule has 1 aromatic carbocycles. The van der Waals surface area contributed by atoms with E-state index < -0.39 is 10.0 Å². The van der Waals surface area contributed by atoms with E-state index in [2.05, 4.69) is 28.2 Å². The second-order valence-corrected chi connectivity index (χ2v) is 8.09. The number of sulfonamides is 1. The van der Waals surface area contributed by atoms with Crippen LogP contribution < -0.4 is 5.32 Å². The SMILES string of the molecule is CCCNCc1ccc(S(=O)(=O)N(CC)C2CC2)c(Br)c1. The first-order valence-electron chi connectivity index (χ1n) is 7.51. The van der Waals surface area contributed by atoms with Gasteiger partial charge in [-0.15, -0.1) is 0 Å². The maximum absolute atomic E-state index is 12.7. The van der Waals surface area contributed by atoms with Gasteiger partial charge in [0.25, 0.3) is 0 Å². The van der Waals surface area contributed by atoms with E-state index >= 15 is 0 Å². The van der Waals surface area contributed by atoms with E-state index in [1.165, 1.54) is 0 Å².